The summed E-state index contributed by atoms with van der Waals surface area (Å²) in [6.45, 7) is 0. The second-order valence-electron chi connectivity index (χ2n) is 7.48. The molecule has 1 fully saturated rings. The number of anilines is 1. The van der Waals surface area contributed by atoms with E-state index >= 15 is 0 Å². The molecular weight excluding hydrogens is 426 g/mol. The number of sulfonamides is 1. The second-order valence-corrected chi connectivity index (χ2v) is 9.60. The van der Waals surface area contributed by atoms with Gasteiger partial charge in [0, 0.05) is 31.3 Å². The lowest BCUT2D eigenvalue weighted by molar-refractivity contribution is 0.0827. The van der Waals surface area contributed by atoms with Crippen LogP contribution in [0.1, 0.15) is 46.4 Å². The smallest absolute Gasteiger partial charge is 0.255 e. The van der Waals surface area contributed by atoms with Gasteiger partial charge in [0.25, 0.3) is 11.8 Å². The monoisotopic (exact) mass is 449 g/mol. The molecule has 0 unspecified atom stereocenters. The molecule has 7 nitrogen and oxygen atoms in total. The number of hydrogen-bond acceptors (Lipinski definition) is 4. The van der Waals surface area contributed by atoms with Crippen LogP contribution in [0.2, 0.25) is 5.02 Å². The predicted octanol–water partition coefficient (Wildman–Crippen LogP) is 3.52. The summed E-state index contributed by atoms with van der Waals surface area (Å²) >= 11 is 6.17. The fourth-order valence-corrected chi connectivity index (χ4v) is 4.86. The quantitative estimate of drug-likeness (QED) is 0.705. The highest BCUT2D eigenvalue weighted by atomic mass is 35.5. The minimum Gasteiger partial charge on any atom is -0.345 e. The Hall–Kier alpha value is -2.42. The Balaban J connectivity index is 1.80. The van der Waals surface area contributed by atoms with Crippen LogP contribution < -0.4 is 10.0 Å². The Morgan fingerprint density at radius 2 is 1.73 bits per heavy atom. The first-order valence-electron chi connectivity index (χ1n) is 9.62. The van der Waals surface area contributed by atoms with Crippen molar-refractivity contribution in [3.8, 4) is 0 Å². The molecule has 0 radical (unpaired) electrons. The van der Waals surface area contributed by atoms with Crippen molar-refractivity contribution in [1.82, 2.24) is 9.62 Å². The van der Waals surface area contributed by atoms with Crippen LogP contribution in [0.3, 0.4) is 0 Å². The SMILES string of the molecule is CN(C)C(=O)c1ccc(Cl)c(NC(=O)c2cccc(S(=O)(=O)NC3CCCC3)c2)c1. The Kier molecular flexibility index (Phi) is 6.80. The fourth-order valence-electron chi connectivity index (χ4n) is 3.34. The third-order valence-electron chi connectivity index (χ3n) is 4.95. The van der Waals surface area contributed by atoms with E-state index in [9.17, 15) is 18.0 Å². The summed E-state index contributed by atoms with van der Waals surface area (Å²) in [5.41, 5.74) is 0.813. The third kappa shape index (κ3) is 5.19. The number of benzene rings is 2. The van der Waals surface area contributed by atoms with Crippen LogP contribution in [0.5, 0.6) is 0 Å². The van der Waals surface area contributed by atoms with E-state index in [2.05, 4.69) is 10.0 Å². The van der Waals surface area contributed by atoms with Crippen LogP contribution in [0.4, 0.5) is 5.69 Å². The van der Waals surface area contributed by atoms with Crippen LogP contribution in [-0.2, 0) is 10.0 Å². The third-order valence-corrected chi connectivity index (χ3v) is 6.80. The molecule has 3 rings (SSSR count). The molecule has 0 spiro atoms. The van der Waals surface area contributed by atoms with Crippen molar-refractivity contribution in [3.63, 3.8) is 0 Å². The molecule has 0 bridgehead atoms. The molecule has 30 heavy (non-hydrogen) atoms. The van der Waals surface area contributed by atoms with Crippen molar-refractivity contribution < 1.29 is 18.0 Å². The summed E-state index contributed by atoms with van der Waals surface area (Å²) < 4.78 is 28.0. The largest absolute Gasteiger partial charge is 0.345 e. The van der Waals surface area contributed by atoms with E-state index in [-0.39, 0.29) is 33.1 Å². The van der Waals surface area contributed by atoms with Crippen molar-refractivity contribution in [2.75, 3.05) is 19.4 Å². The highest BCUT2D eigenvalue weighted by Crippen LogP contribution is 2.25. The molecule has 9 heteroatoms. The van der Waals surface area contributed by atoms with Gasteiger partial charge in [-0.3, -0.25) is 9.59 Å². The summed E-state index contributed by atoms with van der Waals surface area (Å²) in [5.74, 6) is -0.752. The molecule has 2 N–H and O–H groups in total. The van der Waals surface area contributed by atoms with Gasteiger partial charge in [0.2, 0.25) is 10.0 Å². The molecule has 2 amide bonds. The Morgan fingerprint density at radius 1 is 1.03 bits per heavy atom. The van der Waals surface area contributed by atoms with E-state index in [1.807, 2.05) is 0 Å². The molecular formula is C21H24ClN3O4S. The fraction of sp³-hybridized carbons (Fsp3) is 0.333. The van der Waals surface area contributed by atoms with Crippen molar-refractivity contribution in [2.24, 2.45) is 0 Å². The first kappa shape index (κ1) is 22.3. The average molecular weight is 450 g/mol. The standard InChI is InChI=1S/C21H24ClN3O4S/c1-25(2)21(27)15-10-11-18(22)19(13-15)23-20(26)14-6-5-9-17(12-14)30(28,29)24-16-7-3-4-8-16/h5-6,9-13,16,24H,3-4,7-8H2,1-2H3,(H,23,26). The number of carbonyl (C=O) groups is 2. The average Bonchev–Trinajstić information content (AvgIpc) is 3.21. The van der Waals surface area contributed by atoms with Gasteiger partial charge in [-0.25, -0.2) is 13.1 Å². The summed E-state index contributed by atoms with van der Waals surface area (Å²) in [5, 5.41) is 2.92. The summed E-state index contributed by atoms with van der Waals surface area (Å²) in [6, 6.07) is 10.3. The van der Waals surface area contributed by atoms with Crippen molar-refractivity contribution >= 4 is 39.1 Å². The van der Waals surface area contributed by atoms with Crippen LogP contribution in [0, 0.1) is 0 Å². The molecule has 160 valence electrons. The van der Waals surface area contributed by atoms with Gasteiger partial charge in [-0.1, -0.05) is 30.5 Å². The zero-order valence-corrected chi connectivity index (χ0v) is 18.4. The highest BCUT2D eigenvalue weighted by Gasteiger charge is 2.23. The molecule has 0 atom stereocenters. The Labute approximate surface area is 181 Å². The van der Waals surface area contributed by atoms with Gasteiger partial charge in [-0.15, -0.1) is 0 Å². The number of nitrogens with zero attached hydrogens (tertiary/aromatic N) is 1. The van der Waals surface area contributed by atoms with Gasteiger partial charge in [0.1, 0.15) is 0 Å². The lowest BCUT2D eigenvalue weighted by Gasteiger charge is -2.14. The molecule has 2 aromatic carbocycles. The highest BCUT2D eigenvalue weighted by molar-refractivity contribution is 7.89. The van der Waals surface area contributed by atoms with Crippen LogP contribution >= 0.6 is 11.6 Å². The van der Waals surface area contributed by atoms with E-state index in [0.29, 0.717) is 5.56 Å². The molecule has 1 aliphatic rings. The zero-order chi connectivity index (χ0) is 21.9. The predicted molar refractivity (Wildman–Crippen MR) is 116 cm³/mol. The van der Waals surface area contributed by atoms with Crippen LogP contribution in [0.25, 0.3) is 0 Å². The zero-order valence-electron chi connectivity index (χ0n) is 16.8. The van der Waals surface area contributed by atoms with E-state index in [1.165, 1.54) is 41.3 Å². The number of nitrogens with one attached hydrogen (secondary N) is 2. The van der Waals surface area contributed by atoms with Crippen molar-refractivity contribution in [1.29, 1.82) is 0 Å². The van der Waals surface area contributed by atoms with Gasteiger partial charge in [0.15, 0.2) is 0 Å². The molecule has 0 aliphatic heterocycles. The normalized spacial score (nSPS) is 14.5. The minimum absolute atomic E-state index is 0.0321. The lowest BCUT2D eigenvalue weighted by atomic mass is 10.1. The first-order valence-corrected chi connectivity index (χ1v) is 11.5. The number of rotatable bonds is 6. The van der Waals surface area contributed by atoms with E-state index in [0.717, 1.165) is 25.7 Å². The summed E-state index contributed by atoms with van der Waals surface area (Å²) in [4.78, 5) is 26.3. The van der Waals surface area contributed by atoms with Gasteiger partial charge < -0.3 is 10.2 Å². The van der Waals surface area contributed by atoms with E-state index in [4.69, 9.17) is 11.6 Å². The maximum absolute atomic E-state index is 12.7. The first-order chi connectivity index (χ1) is 14.2. The second kappa shape index (κ2) is 9.16. The van der Waals surface area contributed by atoms with Gasteiger partial charge >= 0.3 is 0 Å². The maximum atomic E-state index is 12.7. The number of carbonyl (C=O) groups excluding carboxylic acids is 2. The Bertz CT molecular complexity index is 1060. The molecule has 2 aromatic rings. The van der Waals surface area contributed by atoms with Crippen LogP contribution in [0.15, 0.2) is 47.4 Å². The van der Waals surface area contributed by atoms with Crippen LogP contribution in [-0.4, -0.2) is 45.3 Å². The molecule has 1 aliphatic carbocycles. The van der Waals surface area contributed by atoms with Crippen molar-refractivity contribution in [3.05, 3.63) is 58.6 Å². The summed E-state index contributed by atoms with van der Waals surface area (Å²) in [6.07, 6.45) is 3.65. The van der Waals surface area contributed by atoms with E-state index < -0.39 is 15.9 Å². The maximum Gasteiger partial charge on any atom is 0.255 e. The number of halogens is 1. The van der Waals surface area contributed by atoms with E-state index in [1.54, 1.807) is 20.2 Å². The van der Waals surface area contributed by atoms with Crippen molar-refractivity contribution in [2.45, 2.75) is 36.6 Å². The van der Waals surface area contributed by atoms with Gasteiger partial charge in [-0.05, 0) is 49.2 Å². The number of amides is 2. The molecule has 0 aromatic heterocycles. The topological polar surface area (TPSA) is 95.6 Å². The summed E-state index contributed by atoms with van der Waals surface area (Å²) in [7, 11) is -0.463. The Morgan fingerprint density at radius 3 is 2.40 bits per heavy atom. The molecule has 1 saturated carbocycles. The molecule has 0 saturated heterocycles. The molecule has 0 heterocycles. The lowest BCUT2D eigenvalue weighted by Crippen LogP contribution is -2.32. The minimum atomic E-state index is -3.71. The van der Waals surface area contributed by atoms with Gasteiger partial charge in [0.05, 0.1) is 15.6 Å². The number of hydrogen-bond donors (Lipinski definition) is 2. The van der Waals surface area contributed by atoms with Gasteiger partial charge in [-0.2, -0.15) is 0 Å².